The minimum absolute atomic E-state index is 0.272. The number of carbonyl (C=O) groups excluding carboxylic acids is 1. The third kappa shape index (κ3) is 4.64. The lowest BCUT2D eigenvalue weighted by molar-refractivity contribution is -0.143. The van der Waals surface area contributed by atoms with Crippen molar-refractivity contribution in [2.24, 2.45) is 5.92 Å². The zero-order valence-corrected chi connectivity index (χ0v) is 15.7. The number of nitrogens with zero attached hydrogens (tertiary/aromatic N) is 3. The third-order valence-electron chi connectivity index (χ3n) is 4.02. The van der Waals surface area contributed by atoms with Gasteiger partial charge in [0.1, 0.15) is 5.75 Å². The van der Waals surface area contributed by atoms with Crippen LogP contribution in [0.25, 0.3) is 0 Å². The van der Waals surface area contributed by atoms with Crippen molar-refractivity contribution in [1.29, 1.82) is 0 Å². The number of hydrogen-bond donors (Lipinski definition) is 2. The second-order valence-electron chi connectivity index (χ2n) is 5.69. The molecule has 0 saturated carbocycles. The summed E-state index contributed by atoms with van der Waals surface area (Å²) in [5.74, 6) is -0.386. The molecule has 138 valence electrons. The summed E-state index contributed by atoms with van der Waals surface area (Å²) in [4.78, 5) is 30.1. The number of nitrogens with one attached hydrogen (secondary N) is 1. The summed E-state index contributed by atoms with van der Waals surface area (Å²) in [6, 6.07) is 7.27. The quantitative estimate of drug-likeness (QED) is 0.803. The van der Waals surface area contributed by atoms with E-state index in [9.17, 15) is 9.59 Å². The van der Waals surface area contributed by atoms with Crippen molar-refractivity contribution in [2.45, 2.75) is 22.9 Å². The van der Waals surface area contributed by atoms with Gasteiger partial charge < -0.3 is 14.7 Å². The van der Waals surface area contributed by atoms with Crippen molar-refractivity contribution in [2.75, 3.05) is 25.5 Å². The number of amides is 2. The number of urea groups is 1. The number of rotatable bonds is 5. The SMILES string of the molecule is COc1ccc(Sc2nsc(NC(=O)N3CCC(C(=O)O)CC3)n2)cc1. The molecule has 8 nitrogen and oxygen atoms in total. The summed E-state index contributed by atoms with van der Waals surface area (Å²) in [7, 11) is 1.61. The summed E-state index contributed by atoms with van der Waals surface area (Å²) < 4.78 is 9.36. The molecule has 1 aromatic heterocycles. The number of piperidine rings is 1. The Hall–Kier alpha value is -2.33. The minimum atomic E-state index is -0.797. The largest absolute Gasteiger partial charge is 0.497 e. The molecule has 1 fully saturated rings. The summed E-state index contributed by atoms with van der Waals surface area (Å²) in [5.41, 5.74) is 0. The molecule has 2 aromatic rings. The molecule has 0 bridgehead atoms. The van der Waals surface area contributed by atoms with Crippen LogP contribution < -0.4 is 10.1 Å². The highest BCUT2D eigenvalue weighted by Crippen LogP contribution is 2.29. The number of likely N-dealkylation sites (tertiary alicyclic amines) is 1. The Bertz CT molecular complexity index is 773. The van der Waals surface area contributed by atoms with E-state index in [0.29, 0.717) is 36.2 Å². The van der Waals surface area contributed by atoms with Gasteiger partial charge in [-0.05, 0) is 48.9 Å². The fourth-order valence-corrected chi connectivity index (χ4v) is 3.96. The average Bonchev–Trinajstić information content (AvgIpc) is 3.09. The number of aliphatic carboxylic acids is 1. The second kappa shape index (κ2) is 8.37. The number of hydrogen-bond acceptors (Lipinski definition) is 7. The van der Waals surface area contributed by atoms with E-state index in [1.54, 1.807) is 12.0 Å². The van der Waals surface area contributed by atoms with Gasteiger partial charge in [-0.15, -0.1) is 0 Å². The van der Waals surface area contributed by atoms with Crippen LogP contribution in [0.1, 0.15) is 12.8 Å². The number of ether oxygens (including phenoxy) is 1. The Labute approximate surface area is 158 Å². The Kier molecular flexibility index (Phi) is 5.94. The van der Waals surface area contributed by atoms with Crippen molar-refractivity contribution < 1.29 is 19.4 Å². The Morgan fingerprint density at radius 2 is 2.00 bits per heavy atom. The smallest absolute Gasteiger partial charge is 0.323 e. The van der Waals surface area contributed by atoms with Crippen molar-refractivity contribution in [3.63, 3.8) is 0 Å². The zero-order valence-electron chi connectivity index (χ0n) is 14.0. The van der Waals surface area contributed by atoms with Crippen molar-refractivity contribution in [3.8, 4) is 5.75 Å². The molecule has 1 saturated heterocycles. The highest BCUT2D eigenvalue weighted by atomic mass is 32.2. The van der Waals surface area contributed by atoms with Crippen LogP contribution in [0.5, 0.6) is 5.75 Å². The number of anilines is 1. The van der Waals surface area contributed by atoms with Crippen LogP contribution in [-0.2, 0) is 4.79 Å². The van der Waals surface area contributed by atoms with Gasteiger partial charge in [-0.25, -0.2) is 4.79 Å². The molecule has 2 heterocycles. The number of methoxy groups -OCH3 is 1. The fourth-order valence-electron chi connectivity index (χ4n) is 2.55. The van der Waals surface area contributed by atoms with Crippen LogP contribution in [0.3, 0.4) is 0 Å². The van der Waals surface area contributed by atoms with Gasteiger partial charge in [0.15, 0.2) is 0 Å². The van der Waals surface area contributed by atoms with Crippen molar-refractivity contribution >= 4 is 40.4 Å². The van der Waals surface area contributed by atoms with E-state index >= 15 is 0 Å². The second-order valence-corrected chi connectivity index (χ2v) is 7.48. The van der Waals surface area contributed by atoms with Gasteiger partial charge >= 0.3 is 12.0 Å². The molecule has 0 radical (unpaired) electrons. The molecule has 2 N–H and O–H groups in total. The lowest BCUT2D eigenvalue weighted by Crippen LogP contribution is -2.42. The molecular formula is C16H18N4O4S2. The number of aromatic nitrogens is 2. The monoisotopic (exact) mass is 394 g/mol. The van der Waals surface area contributed by atoms with Crippen molar-refractivity contribution in [1.82, 2.24) is 14.3 Å². The predicted molar refractivity (Wildman–Crippen MR) is 98.0 cm³/mol. The lowest BCUT2D eigenvalue weighted by Gasteiger charge is -2.29. The third-order valence-corrected chi connectivity index (χ3v) is 5.64. The van der Waals surface area contributed by atoms with Gasteiger partial charge in [-0.1, -0.05) is 0 Å². The molecular weight excluding hydrogens is 376 g/mol. The molecule has 2 amide bonds. The summed E-state index contributed by atoms with van der Waals surface area (Å²) in [6.45, 7) is 0.851. The van der Waals surface area contributed by atoms with Crippen LogP contribution in [0.15, 0.2) is 34.3 Å². The molecule has 3 rings (SSSR count). The average molecular weight is 394 g/mol. The standard InChI is InChI=1S/C16H18N4O4S2/c1-24-11-2-4-12(5-3-11)25-15-17-14(26-19-15)18-16(23)20-8-6-10(7-9-20)13(21)22/h2-5,10H,6-9H2,1H3,(H,21,22)(H,17,18,19,23). The first-order chi connectivity index (χ1) is 12.5. The van der Waals surface area contributed by atoms with Gasteiger partial charge in [0.25, 0.3) is 0 Å². The van der Waals surface area contributed by atoms with Crippen LogP contribution in [0, 0.1) is 5.92 Å². The van der Waals surface area contributed by atoms with E-state index in [1.165, 1.54) is 11.8 Å². The van der Waals surface area contributed by atoms with Gasteiger partial charge in [0.05, 0.1) is 13.0 Å². The maximum Gasteiger partial charge on any atom is 0.323 e. The summed E-state index contributed by atoms with van der Waals surface area (Å²) in [6.07, 6.45) is 0.939. The summed E-state index contributed by atoms with van der Waals surface area (Å²) >= 11 is 2.51. The lowest BCUT2D eigenvalue weighted by atomic mass is 9.97. The Morgan fingerprint density at radius 1 is 1.31 bits per heavy atom. The van der Waals surface area contributed by atoms with Gasteiger partial charge in [-0.3, -0.25) is 10.1 Å². The first-order valence-corrected chi connectivity index (χ1v) is 9.58. The Morgan fingerprint density at radius 3 is 2.62 bits per heavy atom. The van der Waals surface area contributed by atoms with E-state index in [0.717, 1.165) is 22.2 Å². The molecule has 10 heteroatoms. The molecule has 26 heavy (non-hydrogen) atoms. The number of carboxylic acids is 1. The topological polar surface area (TPSA) is 105 Å². The van der Waals surface area contributed by atoms with Gasteiger partial charge in [-0.2, -0.15) is 9.36 Å². The molecule has 1 aromatic carbocycles. The summed E-state index contributed by atoms with van der Waals surface area (Å²) in [5, 5.41) is 12.7. The van der Waals surface area contributed by atoms with E-state index in [-0.39, 0.29) is 11.9 Å². The van der Waals surface area contributed by atoms with E-state index in [1.807, 2.05) is 24.3 Å². The molecule has 0 aliphatic carbocycles. The first kappa shape index (κ1) is 18.5. The van der Waals surface area contributed by atoms with Gasteiger partial charge in [0, 0.05) is 29.5 Å². The molecule has 1 aliphatic heterocycles. The van der Waals surface area contributed by atoms with Crippen LogP contribution in [0.4, 0.5) is 9.93 Å². The number of carboxylic acid groups (broad SMARTS) is 1. The van der Waals surface area contributed by atoms with Crippen LogP contribution in [-0.4, -0.2) is 51.6 Å². The highest BCUT2D eigenvalue weighted by molar-refractivity contribution is 7.99. The van der Waals surface area contributed by atoms with E-state index in [4.69, 9.17) is 9.84 Å². The molecule has 0 spiro atoms. The maximum absolute atomic E-state index is 12.3. The van der Waals surface area contributed by atoms with Crippen LogP contribution >= 0.6 is 23.3 Å². The maximum atomic E-state index is 12.3. The number of benzene rings is 1. The van der Waals surface area contributed by atoms with E-state index < -0.39 is 5.97 Å². The van der Waals surface area contributed by atoms with Gasteiger partial charge in [0.2, 0.25) is 10.3 Å². The Balaban J connectivity index is 1.53. The normalized spacial score (nSPS) is 14.9. The molecule has 1 aliphatic rings. The fraction of sp³-hybridized carbons (Fsp3) is 0.375. The van der Waals surface area contributed by atoms with Crippen LogP contribution in [0.2, 0.25) is 0 Å². The zero-order chi connectivity index (χ0) is 18.5. The van der Waals surface area contributed by atoms with Crippen molar-refractivity contribution in [3.05, 3.63) is 24.3 Å². The molecule has 0 unspecified atom stereocenters. The highest BCUT2D eigenvalue weighted by Gasteiger charge is 2.27. The number of carbonyl (C=O) groups is 2. The van der Waals surface area contributed by atoms with E-state index in [2.05, 4.69) is 14.7 Å². The minimum Gasteiger partial charge on any atom is -0.497 e. The predicted octanol–water partition coefficient (Wildman–Crippen LogP) is 3.03. The first-order valence-electron chi connectivity index (χ1n) is 7.99. The molecule has 0 atom stereocenters.